The van der Waals surface area contributed by atoms with Crippen LogP contribution in [0, 0.1) is 13.8 Å². The maximum absolute atomic E-state index is 12.7. The molecule has 2 unspecified atom stereocenters. The quantitative estimate of drug-likeness (QED) is 0.852. The summed E-state index contributed by atoms with van der Waals surface area (Å²) in [5, 5.41) is 1.97. The summed E-state index contributed by atoms with van der Waals surface area (Å²) in [6.45, 7) is 6.03. The van der Waals surface area contributed by atoms with Gasteiger partial charge in [0.25, 0.3) is 0 Å². The number of benzene rings is 1. The largest absolute Gasteiger partial charge is 0.369 e. The van der Waals surface area contributed by atoms with Gasteiger partial charge in [-0.15, -0.1) is 9.24 Å². The van der Waals surface area contributed by atoms with Gasteiger partial charge in [0.1, 0.15) is 0 Å². The second-order valence-electron chi connectivity index (χ2n) is 7.46. The molecule has 2 fully saturated rings. The van der Waals surface area contributed by atoms with Gasteiger partial charge in [-0.25, -0.2) is 0 Å². The minimum atomic E-state index is 0.163. The summed E-state index contributed by atoms with van der Waals surface area (Å²) >= 11 is 0. The van der Waals surface area contributed by atoms with Gasteiger partial charge in [-0.1, -0.05) is 0 Å². The highest BCUT2D eigenvalue weighted by molar-refractivity contribution is 7.28. The number of anilines is 1. The van der Waals surface area contributed by atoms with Gasteiger partial charge in [-0.05, 0) is 56.5 Å². The molecule has 2 atom stereocenters. The fourth-order valence-corrected chi connectivity index (χ4v) is 4.71. The van der Waals surface area contributed by atoms with Crippen LogP contribution in [0.25, 0.3) is 10.9 Å². The van der Waals surface area contributed by atoms with E-state index in [0.717, 1.165) is 47.7 Å². The highest BCUT2D eigenvalue weighted by atomic mass is 31.0. The average molecular weight is 343 g/mol. The van der Waals surface area contributed by atoms with Crippen LogP contribution in [0.5, 0.6) is 0 Å². The van der Waals surface area contributed by atoms with Crippen LogP contribution >= 0.6 is 9.24 Å². The van der Waals surface area contributed by atoms with Crippen molar-refractivity contribution in [1.29, 1.82) is 0 Å². The van der Waals surface area contributed by atoms with E-state index in [-0.39, 0.29) is 11.5 Å². The van der Waals surface area contributed by atoms with Crippen LogP contribution in [-0.4, -0.2) is 23.7 Å². The third kappa shape index (κ3) is 2.57. The molecule has 2 heterocycles. The van der Waals surface area contributed by atoms with E-state index >= 15 is 0 Å². The van der Waals surface area contributed by atoms with Gasteiger partial charge in [0, 0.05) is 48.0 Å². The minimum absolute atomic E-state index is 0.163. The first-order chi connectivity index (χ1) is 11.5. The van der Waals surface area contributed by atoms with Crippen molar-refractivity contribution >= 4 is 31.1 Å². The molecule has 0 bridgehead atoms. The van der Waals surface area contributed by atoms with Crippen molar-refractivity contribution in [2.24, 2.45) is 5.73 Å². The molecule has 4 rings (SSSR count). The number of hydrogen-bond donors (Lipinski definition) is 1. The van der Waals surface area contributed by atoms with E-state index in [1.165, 1.54) is 24.1 Å². The van der Waals surface area contributed by atoms with Gasteiger partial charge in [0.2, 0.25) is 0 Å². The number of rotatable bonds is 2. The van der Waals surface area contributed by atoms with Crippen molar-refractivity contribution in [2.45, 2.75) is 51.6 Å². The molecule has 24 heavy (non-hydrogen) atoms. The van der Waals surface area contributed by atoms with Crippen molar-refractivity contribution in [2.75, 3.05) is 18.0 Å². The predicted octanol–water partition coefficient (Wildman–Crippen LogP) is 2.38. The number of pyridine rings is 1. The topological polar surface area (TPSA) is 51.3 Å². The van der Waals surface area contributed by atoms with Crippen LogP contribution in [0.4, 0.5) is 5.69 Å². The molecule has 1 aliphatic heterocycles. The Hall–Kier alpha value is -1.38. The van der Waals surface area contributed by atoms with Crippen molar-refractivity contribution in [1.82, 2.24) is 4.57 Å². The van der Waals surface area contributed by atoms with Crippen LogP contribution in [-0.2, 0) is 0 Å². The molecule has 1 aliphatic carbocycles. The summed E-state index contributed by atoms with van der Waals surface area (Å²) in [4.78, 5) is 15.1. The van der Waals surface area contributed by atoms with E-state index in [9.17, 15) is 4.79 Å². The standard InChI is InChI=1S/C19H26N3OP/c1-11-9-22(14-5-6-14)17-12(2)18(16(24)8-15(17)19(11)23)21-7-3-4-13(20)10-21/h8-9,13-14H,3-7,10,20,24H2,1-2H3. The molecular weight excluding hydrogens is 317 g/mol. The molecule has 0 amide bonds. The normalized spacial score (nSPS) is 21.5. The zero-order valence-corrected chi connectivity index (χ0v) is 15.7. The van der Waals surface area contributed by atoms with Gasteiger partial charge in [-0.3, -0.25) is 4.79 Å². The van der Waals surface area contributed by atoms with Crippen molar-refractivity contribution < 1.29 is 0 Å². The third-order valence-electron chi connectivity index (χ3n) is 5.45. The van der Waals surface area contributed by atoms with Gasteiger partial charge < -0.3 is 15.2 Å². The molecule has 1 aromatic heterocycles. The first kappa shape index (κ1) is 16.1. The molecule has 2 aromatic rings. The summed E-state index contributed by atoms with van der Waals surface area (Å²) in [6.07, 6.45) is 6.71. The number of hydrogen-bond acceptors (Lipinski definition) is 3. The first-order valence-corrected chi connectivity index (χ1v) is 9.50. The fourth-order valence-electron chi connectivity index (χ4n) is 4.15. The lowest BCUT2D eigenvalue weighted by Crippen LogP contribution is -2.44. The van der Waals surface area contributed by atoms with Crippen molar-refractivity contribution in [3.05, 3.63) is 33.6 Å². The van der Waals surface area contributed by atoms with Crippen LogP contribution in [0.15, 0.2) is 17.1 Å². The van der Waals surface area contributed by atoms with Crippen LogP contribution in [0.1, 0.15) is 42.9 Å². The summed E-state index contributed by atoms with van der Waals surface area (Å²) in [6, 6.07) is 2.86. The molecule has 1 saturated carbocycles. The van der Waals surface area contributed by atoms with E-state index in [0.29, 0.717) is 6.04 Å². The SMILES string of the molecule is Cc1cn(C2CC2)c2c(C)c(N3CCCC(N)C3)c(P)cc2c1=O. The zero-order valence-electron chi connectivity index (χ0n) is 14.5. The maximum atomic E-state index is 12.7. The van der Waals surface area contributed by atoms with Crippen LogP contribution in [0.3, 0.4) is 0 Å². The van der Waals surface area contributed by atoms with Gasteiger partial charge >= 0.3 is 0 Å². The second kappa shape index (κ2) is 5.86. The Bertz CT molecular complexity index is 869. The number of fused-ring (bicyclic) bond motifs is 1. The average Bonchev–Trinajstić information content (AvgIpc) is 3.36. The Morgan fingerprint density at radius 2 is 2.00 bits per heavy atom. The van der Waals surface area contributed by atoms with E-state index in [1.54, 1.807) is 0 Å². The third-order valence-corrected chi connectivity index (χ3v) is 5.89. The highest BCUT2D eigenvalue weighted by Crippen LogP contribution is 2.39. The first-order valence-electron chi connectivity index (χ1n) is 8.92. The van der Waals surface area contributed by atoms with E-state index in [1.807, 2.05) is 6.92 Å². The Labute approximate surface area is 145 Å². The monoisotopic (exact) mass is 343 g/mol. The summed E-state index contributed by atoms with van der Waals surface area (Å²) in [5.41, 5.74) is 10.8. The van der Waals surface area contributed by atoms with E-state index < -0.39 is 0 Å². The molecular formula is C19H26N3OP. The molecule has 5 heteroatoms. The highest BCUT2D eigenvalue weighted by Gasteiger charge is 2.28. The molecule has 2 aliphatic rings. The van der Waals surface area contributed by atoms with Crippen LogP contribution < -0.4 is 21.4 Å². The zero-order chi connectivity index (χ0) is 17.0. The lowest BCUT2D eigenvalue weighted by atomic mass is 10.0. The maximum Gasteiger partial charge on any atom is 0.192 e. The summed E-state index contributed by atoms with van der Waals surface area (Å²) < 4.78 is 2.35. The Balaban J connectivity index is 1.97. The van der Waals surface area contributed by atoms with Gasteiger partial charge in [-0.2, -0.15) is 0 Å². The van der Waals surface area contributed by atoms with E-state index in [4.69, 9.17) is 5.73 Å². The predicted molar refractivity (Wildman–Crippen MR) is 105 cm³/mol. The number of aryl methyl sites for hydroxylation is 2. The summed E-state index contributed by atoms with van der Waals surface area (Å²) in [7, 11) is 2.84. The van der Waals surface area contributed by atoms with Crippen molar-refractivity contribution in [3.8, 4) is 0 Å². The molecule has 1 aromatic carbocycles. The molecule has 4 nitrogen and oxygen atoms in total. The fraction of sp³-hybridized carbons (Fsp3) is 0.526. The molecule has 2 N–H and O–H groups in total. The van der Waals surface area contributed by atoms with Crippen molar-refractivity contribution in [3.63, 3.8) is 0 Å². The number of nitrogens with zero attached hydrogens (tertiary/aromatic N) is 2. The number of aromatic nitrogens is 1. The molecule has 0 spiro atoms. The van der Waals surface area contributed by atoms with Crippen LogP contribution in [0.2, 0.25) is 0 Å². The second-order valence-corrected chi connectivity index (χ2v) is 8.09. The summed E-state index contributed by atoms with van der Waals surface area (Å²) in [5.74, 6) is 0. The molecule has 1 saturated heterocycles. The minimum Gasteiger partial charge on any atom is -0.369 e. The van der Waals surface area contributed by atoms with E-state index in [2.05, 4.69) is 37.9 Å². The number of nitrogens with two attached hydrogens (primary N) is 1. The Kier molecular flexibility index (Phi) is 3.93. The number of piperidine rings is 1. The lowest BCUT2D eigenvalue weighted by Gasteiger charge is -2.35. The van der Waals surface area contributed by atoms with Gasteiger partial charge in [0.05, 0.1) is 5.52 Å². The smallest absolute Gasteiger partial charge is 0.192 e. The van der Waals surface area contributed by atoms with Gasteiger partial charge in [0.15, 0.2) is 5.43 Å². The molecule has 0 radical (unpaired) electrons. The Morgan fingerprint density at radius 3 is 2.67 bits per heavy atom. The lowest BCUT2D eigenvalue weighted by molar-refractivity contribution is 0.506. The molecule has 128 valence electrons. The Morgan fingerprint density at radius 1 is 1.25 bits per heavy atom.